The Morgan fingerprint density at radius 1 is 1.24 bits per heavy atom. The lowest BCUT2D eigenvalue weighted by Gasteiger charge is -2.12. The molecule has 0 radical (unpaired) electrons. The molecule has 3 rings (SSSR count). The van der Waals surface area contributed by atoms with Gasteiger partial charge in [-0.15, -0.1) is 11.8 Å². The molecule has 1 aliphatic carbocycles. The molecule has 0 saturated heterocycles. The lowest BCUT2D eigenvalue weighted by Crippen LogP contribution is -2.13. The molecular weight excluding hydrogens is 280 g/mol. The van der Waals surface area contributed by atoms with Crippen molar-refractivity contribution >= 4 is 17.6 Å². The van der Waals surface area contributed by atoms with Crippen molar-refractivity contribution in [3.8, 4) is 0 Å². The van der Waals surface area contributed by atoms with Crippen molar-refractivity contribution < 1.29 is 0 Å². The molecule has 0 atom stereocenters. The summed E-state index contributed by atoms with van der Waals surface area (Å²) in [6, 6.07) is 8.47. The Morgan fingerprint density at radius 2 is 2.00 bits per heavy atom. The highest BCUT2D eigenvalue weighted by molar-refractivity contribution is 7.98. The first-order valence-corrected chi connectivity index (χ1v) is 8.20. The van der Waals surface area contributed by atoms with Crippen LogP contribution in [0.3, 0.4) is 0 Å². The van der Waals surface area contributed by atoms with Crippen LogP contribution in [-0.2, 0) is 5.75 Å². The van der Waals surface area contributed by atoms with E-state index in [1.165, 1.54) is 24.0 Å². The number of hydrogen-bond acceptors (Lipinski definition) is 5. The van der Waals surface area contributed by atoms with E-state index in [1.807, 2.05) is 6.92 Å². The van der Waals surface area contributed by atoms with E-state index >= 15 is 0 Å². The van der Waals surface area contributed by atoms with E-state index in [4.69, 9.17) is 10.8 Å². The van der Waals surface area contributed by atoms with Crippen LogP contribution in [0, 0.1) is 13.8 Å². The normalized spacial score (nSPS) is 14.2. The summed E-state index contributed by atoms with van der Waals surface area (Å²) in [6.07, 6.45) is 2.38. The van der Waals surface area contributed by atoms with E-state index < -0.39 is 0 Å². The molecule has 3 N–H and O–H groups in total. The standard InChI is InChI=1S/C16H20N4S/c1-10-5-3-4-6-13(10)9-21-16-11(2)14(20-17)18-15(19-16)12-7-8-12/h3-6,12H,7-9,17H2,1-2H3,(H,18,19,20). The van der Waals surface area contributed by atoms with Crippen molar-refractivity contribution in [2.75, 3.05) is 5.43 Å². The number of rotatable bonds is 5. The molecule has 2 aromatic rings. The van der Waals surface area contributed by atoms with Gasteiger partial charge in [0.05, 0.1) is 0 Å². The summed E-state index contributed by atoms with van der Waals surface area (Å²) >= 11 is 1.76. The number of hydrogen-bond donors (Lipinski definition) is 2. The first-order chi connectivity index (χ1) is 10.2. The van der Waals surface area contributed by atoms with Crippen LogP contribution in [0.2, 0.25) is 0 Å². The zero-order chi connectivity index (χ0) is 14.8. The van der Waals surface area contributed by atoms with Crippen LogP contribution < -0.4 is 11.3 Å². The van der Waals surface area contributed by atoms with Gasteiger partial charge in [-0.25, -0.2) is 15.8 Å². The van der Waals surface area contributed by atoms with E-state index in [-0.39, 0.29) is 0 Å². The number of aryl methyl sites for hydroxylation is 1. The van der Waals surface area contributed by atoms with Gasteiger partial charge in [-0.05, 0) is 37.8 Å². The van der Waals surface area contributed by atoms with E-state index in [1.54, 1.807) is 11.8 Å². The third-order valence-electron chi connectivity index (χ3n) is 3.82. The summed E-state index contributed by atoms with van der Waals surface area (Å²) in [6.45, 7) is 4.16. The van der Waals surface area contributed by atoms with Gasteiger partial charge in [-0.3, -0.25) is 0 Å². The van der Waals surface area contributed by atoms with E-state index in [0.29, 0.717) is 5.92 Å². The van der Waals surface area contributed by atoms with Gasteiger partial charge in [0.2, 0.25) is 0 Å². The molecule has 4 nitrogen and oxygen atoms in total. The fourth-order valence-corrected chi connectivity index (χ4v) is 3.32. The van der Waals surface area contributed by atoms with Crippen LogP contribution in [0.25, 0.3) is 0 Å². The monoisotopic (exact) mass is 300 g/mol. The van der Waals surface area contributed by atoms with Crippen LogP contribution in [0.5, 0.6) is 0 Å². The lowest BCUT2D eigenvalue weighted by atomic mass is 10.1. The average molecular weight is 300 g/mol. The van der Waals surface area contributed by atoms with E-state index in [9.17, 15) is 0 Å². The van der Waals surface area contributed by atoms with Crippen molar-refractivity contribution in [1.82, 2.24) is 9.97 Å². The van der Waals surface area contributed by atoms with Gasteiger partial charge in [0.1, 0.15) is 16.7 Å². The quantitative estimate of drug-likeness (QED) is 0.383. The minimum Gasteiger partial charge on any atom is -0.308 e. The molecule has 1 aromatic carbocycles. The van der Waals surface area contributed by atoms with Crippen molar-refractivity contribution in [1.29, 1.82) is 0 Å². The Hall–Kier alpha value is -1.59. The van der Waals surface area contributed by atoms with Gasteiger partial charge in [0.25, 0.3) is 0 Å². The number of thioether (sulfide) groups is 1. The average Bonchev–Trinajstić information content (AvgIpc) is 3.32. The Bertz CT molecular complexity index is 653. The highest BCUT2D eigenvalue weighted by atomic mass is 32.2. The molecule has 5 heteroatoms. The Kier molecular flexibility index (Phi) is 4.12. The van der Waals surface area contributed by atoms with E-state index in [0.717, 1.165) is 28.0 Å². The Labute approximate surface area is 129 Å². The van der Waals surface area contributed by atoms with Crippen molar-refractivity contribution in [3.63, 3.8) is 0 Å². The smallest absolute Gasteiger partial charge is 0.147 e. The molecule has 1 saturated carbocycles. The van der Waals surface area contributed by atoms with Crippen molar-refractivity contribution in [2.45, 2.75) is 43.4 Å². The second-order valence-corrected chi connectivity index (χ2v) is 6.46. The highest BCUT2D eigenvalue weighted by Gasteiger charge is 2.28. The molecule has 0 bridgehead atoms. The number of aromatic nitrogens is 2. The van der Waals surface area contributed by atoms with Crippen molar-refractivity contribution in [3.05, 3.63) is 46.8 Å². The highest BCUT2D eigenvalue weighted by Crippen LogP contribution is 2.40. The molecule has 1 aliphatic rings. The van der Waals surface area contributed by atoms with Gasteiger partial charge >= 0.3 is 0 Å². The minimum atomic E-state index is 0.524. The molecule has 21 heavy (non-hydrogen) atoms. The van der Waals surface area contributed by atoms with Crippen molar-refractivity contribution in [2.24, 2.45) is 5.84 Å². The molecule has 1 heterocycles. The first kappa shape index (κ1) is 14.4. The zero-order valence-electron chi connectivity index (χ0n) is 12.4. The van der Waals surface area contributed by atoms with Crippen LogP contribution >= 0.6 is 11.8 Å². The Balaban J connectivity index is 1.84. The maximum absolute atomic E-state index is 5.59. The third kappa shape index (κ3) is 3.19. The van der Waals surface area contributed by atoms with Crippen LogP contribution in [-0.4, -0.2) is 9.97 Å². The van der Waals surface area contributed by atoms with Crippen LogP contribution in [0.15, 0.2) is 29.3 Å². The summed E-state index contributed by atoms with van der Waals surface area (Å²) in [5.41, 5.74) is 6.39. The van der Waals surface area contributed by atoms with Crippen LogP contribution in [0.4, 0.5) is 5.82 Å². The van der Waals surface area contributed by atoms with Crippen LogP contribution in [0.1, 0.15) is 41.3 Å². The fourth-order valence-electron chi connectivity index (χ4n) is 2.24. The predicted octanol–water partition coefficient (Wildman–Crippen LogP) is 3.55. The number of anilines is 1. The minimum absolute atomic E-state index is 0.524. The number of nitrogens with zero attached hydrogens (tertiary/aromatic N) is 2. The SMILES string of the molecule is Cc1ccccc1CSc1nc(C2CC2)nc(NN)c1C. The van der Waals surface area contributed by atoms with E-state index in [2.05, 4.69) is 41.6 Å². The first-order valence-electron chi connectivity index (χ1n) is 7.21. The summed E-state index contributed by atoms with van der Waals surface area (Å²) in [7, 11) is 0. The third-order valence-corrected chi connectivity index (χ3v) is 4.95. The van der Waals surface area contributed by atoms with Gasteiger partial charge in [0.15, 0.2) is 0 Å². The second-order valence-electron chi connectivity index (χ2n) is 5.49. The number of nitrogens with two attached hydrogens (primary N) is 1. The lowest BCUT2D eigenvalue weighted by molar-refractivity contribution is 0.862. The summed E-state index contributed by atoms with van der Waals surface area (Å²) in [4.78, 5) is 9.27. The second kappa shape index (κ2) is 6.03. The maximum atomic E-state index is 5.59. The number of nitrogen functional groups attached to an aromatic ring is 1. The number of hydrazine groups is 1. The van der Waals surface area contributed by atoms with Gasteiger partial charge in [-0.2, -0.15) is 0 Å². The number of benzene rings is 1. The van der Waals surface area contributed by atoms with Gasteiger partial charge < -0.3 is 5.43 Å². The molecule has 1 fully saturated rings. The Morgan fingerprint density at radius 3 is 2.67 bits per heavy atom. The van der Waals surface area contributed by atoms with Gasteiger partial charge in [0, 0.05) is 17.2 Å². The topological polar surface area (TPSA) is 63.8 Å². The maximum Gasteiger partial charge on any atom is 0.147 e. The summed E-state index contributed by atoms with van der Waals surface area (Å²) in [5, 5.41) is 1.03. The molecule has 1 aromatic heterocycles. The fraction of sp³-hybridized carbons (Fsp3) is 0.375. The van der Waals surface area contributed by atoms with Gasteiger partial charge in [-0.1, -0.05) is 24.3 Å². The largest absolute Gasteiger partial charge is 0.308 e. The summed E-state index contributed by atoms with van der Waals surface area (Å²) < 4.78 is 0. The summed E-state index contributed by atoms with van der Waals surface area (Å²) in [5.74, 6) is 8.71. The zero-order valence-corrected chi connectivity index (χ0v) is 13.2. The molecule has 0 unspecified atom stereocenters. The molecule has 0 amide bonds. The molecule has 0 aliphatic heterocycles. The molecule has 110 valence electrons. The predicted molar refractivity (Wildman–Crippen MR) is 87.3 cm³/mol. The molecular formula is C16H20N4S. The number of nitrogens with one attached hydrogen (secondary N) is 1. The molecule has 0 spiro atoms.